The highest BCUT2D eigenvalue weighted by Crippen LogP contribution is 2.24. The third kappa shape index (κ3) is 7.46. The molecule has 1 saturated carbocycles. The van der Waals surface area contributed by atoms with Crippen LogP contribution in [0, 0.1) is 11.8 Å². The minimum atomic E-state index is 0. The molecule has 0 aliphatic heterocycles. The topological polar surface area (TPSA) is 64.3 Å². The molecule has 0 radical (unpaired) electrons. The molecular formula is C15H31ClN2O2. The Kier molecular flexibility index (Phi) is 10.2. The summed E-state index contributed by atoms with van der Waals surface area (Å²) in [6.45, 7) is 7.62. The molecule has 0 heterocycles. The van der Waals surface area contributed by atoms with Crippen LogP contribution in [0.4, 0.5) is 0 Å². The summed E-state index contributed by atoms with van der Waals surface area (Å²) in [5.74, 6) is 1.19. The Morgan fingerprint density at radius 3 is 2.65 bits per heavy atom. The van der Waals surface area contributed by atoms with Crippen LogP contribution >= 0.6 is 12.4 Å². The van der Waals surface area contributed by atoms with Gasteiger partial charge in [0.2, 0.25) is 5.91 Å². The van der Waals surface area contributed by atoms with E-state index in [0.29, 0.717) is 31.4 Å². The van der Waals surface area contributed by atoms with Gasteiger partial charge in [0.05, 0.1) is 12.7 Å². The molecule has 4 nitrogen and oxygen atoms in total. The number of rotatable bonds is 8. The normalized spacial score (nSPS) is 23.4. The fourth-order valence-corrected chi connectivity index (χ4v) is 2.87. The Balaban J connectivity index is 0.00000361. The molecule has 20 heavy (non-hydrogen) atoms. The summed E-state index contributed by atoms with van der Waals surface area (Å²) in [5, 5.41) is 3.10. The first-order valence-electron chi connectivity index (χ1n) is 7.64. The molecule has 3 unspecified atom stereocenters. The fourth-order valence-electron chi connectivity index (χ4n) is 2.87. The van der Waals surface area contributed by atoms with E-state index in [2.05, 4.69) is 26.1 Å². The van der Waals surface area contributed by atoms with Gasteiger partial charge in [-0.15, -0.1) is 12.4 Å². The van der Waals surface area contributed by atoms with Crippen molar-refractivity contribution in [2.75, 3.05) is 13.2 Å². The van der Waals surface area contributed by atoms with Crippen molar-refractivity contribution in [2.24, 2.45) is 17.6 Å². The molecule has 5 heteroatoms. The predicted octanol–water partition coefficient (Wildman–Crippen LogP) is 2.49. The highest BCUT2D eigenvalue weighted by atomic mass is 35.5. The Morgan fingerprint density at radius 2 is 2.05 bits per heavy atom. The highest BCUT2D eigenvalue weighted by Gasteiger charge is 2.27. The quantitative estimate of drug-likeness (QED) is 0.724. The van der Waals surface area contributed by atoms with Gasteiger partial charge >= 0.3 is 0 Å². The van der Waals surface area contributed by atoms with Crippen LogP contribution < -0.4 is 11.1 Å². The van der Waals surface area contributed by atoms with Crippen molar-refractivity contribution < 1.29 is 9.53 Å². The van der Waals surface area contributed by atoms with E-state index in [1.165, 1.54) is 6.42 Å². The number of carbonyl (C=O) groups excluding carboxylic acids is 1. The molecule has 0 bridgehead atoms. The summed E-state index contributed by atoms with van der Waals surface area (Å²) in [5.41, 5.74) is 5.71. The van der Waals surface area contributed by atoms with E-state index in [0.717, 1.165) is 19.3 Å². The van der Waals surface area contributed by atoms with Crippen LogP contribution in [0.2, 0.25) is 0 Å². The van der Waals surface area contributed by atoms with Gasteiger partial charge in [0, 0.05) is 12.5 Å². The lowest BCUT2D eigenvalue weighted by Crippen LogP contribution is -2.40. The van der Waals surface area contributed by atoms with Gasteiger partial charge in [-0.25, -0.2) is 0 Å². The van der Waals surface area contributed by atoms with Crippen molar-refractivity contribution in [2.45, 2.75) is 65.0 Å². The Labute approximate surface area is 129 Å². The molecule has 1 aliphatic carbocycles. The van der Waals surface area contributed by atoms with E-state index in [9.17, 15) is 4.79 Å². The van der Waals surface area contributed by atoms with Crippen LogP contribution in [0.5, 0.6) is 0 Å². The average Bonchev–Trinajstić information content (AvgIpc) is 2.75. The van der Waals surface area contributed by atoms with Crippen molar-refractivity contribution in [1.29, 1.82) is 0 Å². The highest BCUT2D eigenvalue weighted by molar-refractivity contribution is 5.85. The molecule has 0 spiro atoms. The van der Waals surface area contributed by atoms with Gasteiger partial charge in [0.1, 0.15) is 0 Å². The molecular weight excluding hydrogens is 276 g/mol. The van der Waals surface area contributed by atoms with Gasteiger partial charge in [-0.1, -0.05) is 20.3 Å². The van der Waals surface area contributed by atoms with Crippen LogP contribution in [0.25, 0.3) is 0 Å². The third-order valence-electron chi connectivity index (χ3n) is 3.84. The number of ether oxygens (including phenoxy) is 1. The summed E-state index contributed by atoms with van der Waals surface area (Å²) in [6.07, 6.45) is 5.11. The van der Waals surface area contributed by atoms with E-state index in [1.807, 2.05) is 0 Å². The van der Waals surface area contributed by atoms with E-state index in [4.69, 9.17) is 10.5 Å². The number of hydrogen-bond acceptors (Lipinski definition) is 3. The summed E-state index contributed by atoms with van der Waals surface area (Å²) in [4.78, 5) is 11.8. The van der Waals surface area contributed by atoms with Crippen molar-refractivity contribution >= 4 is 18.3 Å². The molecule has 0 aromatic carbocycles. The maximum atomic E-state index is 11.8. The van der Waals surface area contributed by atoms with Gasteiger partial charge < -0.3 is 15.8 Å². The Hall–Kier alpha value is -0.320. The second-order valence-corrected chi connectivity index (χ2v) is 6.16. The van der Waals surface area contributed by atoms with E-state index >= 15 is 0 Å². The molecule has 1 aliphatic rings. The maximum absolute atomic E-state index is 11.8. The summed E-state index contributed by atoms with van der Waals surface area (Å²) in [6, 6.07) is 0.283. The first-order valence-corrected chi connectivity index (χ1v) is 7.64. The van der Waals surface area contributed by atoms with Gasteiger partial charge in [-0.3, -0.25) is 4.79 Å². The Bertz CT molecular complexity index is 275. The fraction of sp³-hybridized carbons (Fsp3) is 0.933. The third-order valence-corrected chi connectivity index (χ3v) is 3.84. The van der Waals surface area contributed by atoms with Gasteiger partial charge in [0.15, 0.2) is 0 Å². The molecule has 0 saturated heterocycles. The first-order chi connectivity index (χ1) is 9.02. The summed E-state index contributed by atoms with van der Waals surface area (Å²) >= 11 is 0. The predicted molar refractivity (Wildman–Crippen MR) is 85.1 cm³/mol. The van der Waals surface area contributed by atoms with Crippen molar-refractivity contribution in [3.63, 3.8) is 0 Å². The van der Waals surface area contributed by atoms with Gasteiger partial charge in [0.25, 0.3) is 0 Å². The number of nitrogens with two attached hydrogens (primary N) is 1. The second-order valence-electron chi connectivity index (χ2n) is 6.16. The molecule has 1 fully saturated rings. The smallest absolute Gasteiger partial charge is 0.222 e. The van der Waals surface area contributed by atoms with Crippen molar-refractivity contribution in [1.82, 2.24) is 5.32 Å². The molecule has 1 amide bonds. The largest absolute Gasteiger partial charge is 0.378 e. The lowest BCUT2D eigenvalue weighted by molar-refractivity contribution is -0.123. The monoisotopic (exact) mass is 306 g/mol. The van der Waals surface area contributed by atoms with E-state index < -0.39 is 0 Å². The minimum Gasteiger partial charge on any atom is -0.378 e. The van der Waals surface area contributed by atoms with Crippen LogP contribution in [0.3, 0.4) is 0 Å². The van der Waals surface area contributed by atoms with Crippen molar-refractivity contribution in [3.8, 4) is 0 Å². The van der Waals surface area contributed by atoms with Crippen LogP contribution in [-0.2, 0) is 9.53 Å². The summed E-state index contributed by atoms with van der Waals surface area (Å²) < 4.78 is 5.66. The lowest BCUT2D eigenvalue weighted by atomic mass is 10.0. The minimum absolute atomic E-state index is 0. The molecule has 0 aromatic rings. The standard InChI is InChI=1S/C15H30N2O2.ClH/c1-11(2)9-12(3)19-8-7-15(18)17-14-6-4-5-13(14)10-16;/h11-14H,4-10,16H2,1-3H3,(H,17,18);1H. The number of hydrogen-bond donors (Lipinski definition) is 2. The lowest BCUT2D eigenvalue weighted by Gasteiger charge is -2.20. The van der Waals surface area contributed by atoms with Crippen LogP contribution in [0.15, 0.2) is 0 Å². The average molecular weight is 307 g/mol. The number of carbonyl (C=O) groups is 1. The SMILES string of the molecule is CC(C)CC(C)OCCC(=O)NC1CCCC1CN.Cl. The molecule has 3 atom stereocenters. The van der Waals surface area contributed by atoms with E-state index in [1.54, 1.807) is 0 Å². The number of halogens is 1. The molecule has 0 aromatic heterocycles. The van der Waals surface area contributed by atoms with Gasteiger partial charge in [-0.2, -0.15) is 0 Å². The van der Waals surface area contributed by atoms with Crippen LogP contribution in [-0.4, -0.2) is 31.2 Å². The van der Waals surface area contributed by atoms with Crippen molar-refractivity contribution in [3.05, 3.63) is 0 Å². The molecule has 120 valence electrons. The summed E-state index contributed by atoms with van der Waals surface area (Å²) in [7, 11) is 0. The number of amides is 1. The zero-order chi connectivity index (χ0) is 14.3. The number of nitrogens with one attached hydrogen (secondary N) is 1. The van der Waals surface area contributed by atoms with Crippen LogP contribution in [0.1, 0.15) is 52.9 Å². The Morgan fingerprint density at radius 1 is 1.35 bits per heavy atom. The maximum Gasteiger partial charge on any atom is 0.222 e. The second kappa shape index (κ2) is 10.4. The zero-order valence-electron chi connectivity index (χ0n) is 13.1. The first kappa shape index (κ1) is 19.7. The zero-order valence-corrected chi connectivity index (χ0v) is 13.9. The van der Waals surface area contributed by atoms with Gasteiger partial charge in [-0.05, 0) is 44.6 Å². The van der Waals surface area contributed by atoms with E-state index in [-0.39, 0.29) is 30.5 Å². The molecule has 1 rings (SSSR count). The molecule has 3 N–H and O–H groups in total.